The van der Waals surface area contributed by atoms with Gasteiger partial charge in [0.2, 0.25) is 0 Å². The fraction of sp³-hybridized carbons (Fsp3) is 1.00. The Kier molecular flexibility index (Phi) is 9.52. The van der Waals surface area contributed by atoms with E-state index in [4.69, 9.17) is 0 Å². The van der Waals surface area contributed by atoms with Crippen LogP contribution in [0.2, 0.25) is 0 Å². The first-order valence-corrected chi connectivity index (χ1v) is 11.8. The van der Waals surface area contributed by atoms with Crippen molar-refractivity contribution in [3.05, 3.63) is 0 Å². The van der Waals surface area contributed by atoms with Crippen molar-refractivity contribution >= 4 is 6.83 Å². The summed E-state index contributed by atoms with van der Waals surface area (Å²) < 4.78 is 0. The van der Waals surface area contributed by atoms with Gasteiger partial charge in [-0.25, -0.2) is 0 Å². The average Bonchev–Trinajstić information content (AvgIpc) is 2.23. The van der Waals surface area contributed by atoms with Crippen LogP contribution in [0.15, 0.2) is 0 Å². The van der Waals surface area contributed by atoms with Gasteiger partial charge in [0.15, 0.2) is 0 Å². The van der Waals surface area contributed by atoms with Crippen LogP contribution in [0, 0.1) is 0 Å². The first-order chi connectivity index (χ1) is 8.31. The third-order valence-corrected chi connectivity index (χ3v) is 5.39. The Hall–Kier alpha value is 0.390. The summed E-state index contributed by atoms with van der Waals surface area (Å²) in [6.45, 7) is 6.24. The zero-order valence-corrected chi connectivity index (χ0v) is 14.3. The Morgan fingerprint density at radius 1 is 0.611 bits per heavy atom. The molecule has 0 aromatic heterocycles. The molecule has 0 rings (SSSR count). The molecular formula is C16H37OP. The summed E-state index contributed by atoms with van der Waals surface area (Å²) >= 11 is 0. The van der Waals surface area contributed by atoms with Crippen LogP contribution in [0.3, 0.4) is 0 Å². The summed E-state index contributed by atoms with van der Waals surface area (Å²) in [4.78, 5) is 10.2. The molecular weight excluding hydrogens is 239 g/mol. The van der Waals surface area contributed by atoms with E-state index < -0.39 is 6.83 Å². The van der Waals surface area contributed by atoms with Crippen molar-refractivity contribution in [2.24, 2.45) is 0 Å². The molecule has 18 heavy (non-hydrogen) atoms. The second-order valence-corrected chi connectivity index (χ2v) is 13.8. The van der Waals surface area contributed by atoms with Crippen LogP contribution in [0.4, 0.5) is 0 Å². The summed E-state index contributed by atoms with van der Waals surface area (Å²) in [6.07, 6.45) is 16.2. The molecule has 0 amide bonds. The maximum atomic E-state index is 10.2. The van der Waals surface area contributed by atoms with E-state index in [1.54, 1.807) is 0 Å². The molecule has 1 nitrogen and oxygen atoms in total. The third kappa shape index (κ3) is 16.4. The molecule has 0 saturated heterocycles. The third-order valence-electron chi connectivity index (χ3n) is 3.53. The molecule has 112 valence electrons. The van der Waals surface area contributed by atoms with Crippen molar-refractivity contribution in [3.63, 3.8) is 0 Å². The fourth-order valence-corrected chi connectivity index (χ4v) is 3.63. The van der Waals surface area contributed by atoms with Crippen LogP contribution in [0.1, 0.15) is 77.6 Å². The molecule has 0 aromatic rings. The molecule has 0 heterocycles. The second-order valence-electron chi connectivity index (χ2n) is 7.29. The SMILES string of the molecule is CCCCCCCCCCCCCP(C)(C)(C)O. The van der Waals surface area contributed by atoms with Gasteiger partial charge in [0.05, 0.1) is 0 Å². The van der Waals surface area contributed by atoms with Crippen molar-refractivity contribution in [2.45, 2.75) is 77.6 Å². The van der Waals surface area contributed by atoms with Crippen molar-refractivity contribution in [3.8, 4) is 0 Å². The van der Waals surface area contributed by atoms with E-state index in [2.05, 4.69) is 26.9 Å². The van der Waals surface area contributed by atoms with E-state index in [1.807, 2.05) is 0 Å². The van der Waals surface area contributed by atoms with Gasteiger partial charge < -0.3 is 0 Å². The number of hydrogen-bond donors (Lipinski definition) is 1. The Morgan fingerprint density at radius 2 is 0.944 bits per heavy atom. The van der Waals surface area contributed by atoms with Crippen LogP contribution >= 0.6 is 6.83 Å². The summed E-state index contributed by atoms with van der Waals surface area (Å²) in [5, 5.41) is 0. The Bertz CT molecular complexity index is 184. The van der Waals surface area contributed by atoms with E-state index in [1.165, 1.54) is 70.6 Å². The van der Waals surface area contributed by atoms with Crippen LogP contribution in [-0.4, -0.2) is 31.0 Å². The van der Waals surface area contributed by atoms with Gasteiger partial charge in [0.25, 0.3) is 0 Å². The molecule has 0 aliphatic carbocycles. The van der Waals surface area contributed by atoms with Crippen molar-refractivity contribution in [2.75, 3.05) is 26.2 Å². The monoisotopic (exact) mass is 276 g/mol. The van der Waals surface area contributed by atoms with Gasteiger partial charge >= 0.3 is 109 Å². The van der Waals surface area contributed by atoms with Gasteiger partial charge in [0.1, 0.15) is 0 Å². The quantitative estimate of drug-likeness (QED) is 0.361. The van der Waals surface area contributed by atoms with Crippen LogP contribution < -0.4 is 0 Å². The standard InChI is InChI=1S/C16H37OP/c1-5-6-7-8-9-10-11-12-13-14-15-16-18(2,3,4)17/h17H,5-16H2,1-4H3. The summed E-state index contributed by atoms with van der Waals surface area (Å²) in [7, 11) is 0. The van der Waals surface area contributed by atoms with E-state index in [0.29, 0.717) is 0 Å². The second kappa shape index (κ2) is 9.32. The Morgan fingerprint density at radius 3 is 1.28 bits per heavy atom. The Labute approximate surface area is 116 Å². The summed E-state index contributed by atoms with van der Waals surface area (Å²) in [6, 6.07) is 0. The van der Waals surface area contributed by atoms with Gasteiger partial charge in [-0.15, -0.1) is 0 Å². The van der Waals surface area contributed by atoms with Crippen LogP contribution in [0.25, 0.3) is 0 Å². The van der Waals surface area contributed by atoms with Gasteiger partial charge in [-0.3, -0.25) is 0 Å². The molecule has 0 unspecified atom stereocenters. The van der Waals surface area contributed by atoms with Crippen molar-refractivity contribution in [1.82, 2.24) is 0 Å². The van der Waals surface area contributed by atoms with Crippen LogP contribution in [0.5, 0.6) is 0 Å². The van der Waals surface area contributed by atoms with Crippen molar-refractivity contribution < 1.29 is 4.89 Å². The molecule has 0 fully saturated rings. The van der Waals surface area contributed by atoms with Gasteiger partial charge in [-0.05, 0) is 0 Å². The molecule has 0 saturated carbocycles. The molecule has 0 aliphatic rings. The maximum absolute atomic E-state index is 10.2. The molecule has 0 radical (unpaired) electrons. The average molecular weight is 276 g/mol. The molecule has 0 bridgehead atoms. The number of unbranched alkanes of at least 4 members (excludes halogenated alkanes) is 10. The van der Waals surface area contributed by atoms with E-state index in [-0.39, 0.29) is 0 Å². The fourth-order valence-electron chi connectivity index (χ4n) is 2.32. The van der Waals surface area contributed by atoms with Gasteiger partial charge in [-0.1, -0.05) is 6.92 Å². The first kappa shape index (κ1) is 18.4. The molecule has 0 aliphatic heterocycles. The molecule has 2 heteroatoms. The normalized spacial score (nSPS) is 14.4. The molecule has 0 atom stereocenters. The minimum absolute atomic E-state index is 1.04. The van der Waals surface area contributed by atoms with Gasteiger partial charge in [0, 0.05) is 0 Å². The molecule has 1 N–H and O–H groups in total. The predicted molar refractivity (Wildman–Crippen MR) is 88.2 cm³/mol. The topological polar surface area (TPSA) is 20.2 Å². The minimum atomic E-state index is -2.21. The predicted octanol–water partition coefficient (Wildman–Crippen LogP) is 5.65. The summed E-state index contributed by atoms with van der Waals surface area (Å²) in [5.41, 5.74) is 0. The first-order valence-electron chi connectivity index (χ1n) is 8.06. The van der Waals surface area contributed by atoms with Gasteiger partial charge in [-0.2, -0.15) is 0 Å². The molecule has 0 aromatic carbocycles. The van der Waals surface area contributed by atoms with E-state index in [9.17, 15) is 4.89 Å². The van der Waals surface area contributed by atoms with Crippen LogP contribution in [-0.2, 0) is 0 Å². The Balaban J connectivity index is 3.13. The van der Waals surface area contributed by atoms with E-state index >= 15 is 0 Å². The van der Waals surface area contributed by atoms with E-state index in [0.717, 1.165) is 6.16 Å². The van der Waals surface area contributed by atoms with Crippen molar-refractivity contribution in [1.29, 1.82) is 0 Å². The number of rotatable bonds is 12. The zero-order chi connectivity index (χ0) is 13.9. The summed E-state index contributed by atoms with van der Waals surface area (Å²) in [5.74, 6) is 0. The number of hydrogen-bond acceptors (Lipinski definition) is 1. The molecule has 0 spiro atoms. The zero-order valence-electron chi connectivity index (χ0n) is 13.4.